The lowest BCUT2D eigenvalue weighted by atomic mass is 10.2. The Morgan fingerprint density at radius 2 is 1.70 bits per heavy atom. The molecule has 2 nitrogen and oxygen atoms in total. The molecule has 1 atom stereocenters. The number of benzene rings is 2. The van der Waals surface area contributed by atoms with E-state index in [1.807, 2.05) is 31.2 Å². The van der Waals surface area contributed by atoms with Crippen LogP contribution in [0.1, 0.15) is 12.5 Å². The van der Waals surface area contributed by atoms with Crippen LogP contribution in [0.15, 0.2) is 58.3 Å². The molecule has 2 aromatic rings. The maximum atomic E-state index is 12.1. The molecular formula is C18H20ClNOS2. The number of aryl methyl sites for hydroxylation is 1. The molecule has 2 rings (SSSR count). The Morgan fingerprint density at radius 1 is 1.09 bits per heavy atom. The molecular weight excluding hydrogens is 346 g/mol. The van der Waals surface area contributed by atoms with Gasteiger partial charge in [-0.05, 0) is 50.2 Å². The molecule has 0 bridgehead atoms. The summed E-state index contributed by atoms with van der Waals surface area (Å²) in [6, 6.07) is 16.0. The SMILES string of the molecule is Cc1ccc(SCCNC(=O)[C@@H](C)Sc2ccc(Cl)cc2)cc1. The van der Waals surface area contributed by atoms with Gasteiger partial charge in [-0.25, -0.2) is 0 Å². The molecule has 0 saturated heterocycles. The number of carbonyl (C=O) groups excluding carboxylic acids is 1. The van der Waals surface area contributed by atoms with Crippen molar-refractivity contribution in [2.24, 2.45) is 0 Å². The van der Waals surface area contributed by atoms with Crippen molar-refractivity contribution in [3.63, 3.8) is 0 Å². The Hall–Kier alpha value is -1.10. The Labute approximate surface area is 151 Å². The summed E-state index contributed by atoms with van der Waals surface area (Å²) in [7, 11) is 0. The molecule has 5 heteroatoms. The van der Waals surface area contributed by atoms with Gasteiger partial charge in [0.15, 0.2) is 0 Å². The van der Waals surface area contributed by atoms with Gasteiger partial charge in [0.25, 0.3) is 0 Å². The zero-order chi connectivity index (χ0) is 16.7. The van der Waals surface area contributed by atoms with Crippen LogP contribution in [0.25, 0.3) is 0 Å². The van der Waals surface area contributed by atoms with Crippen LogP contribution in [0.2, 0.25) is 5.02 Å². The average Bonchev–Trinajstić information content (AvgIpc) is 2.55. The van der Waals surface area contributed by atoms with Crippen molar-refractivity contribution in [1.82, 2.24) is 5.32 Å². The predicted molar refractivity (Wildman–Crippen MR) is 102 cm³/mol. The first-order valence-corrected chi connectivity index (χ1v) is 9.68. The predicted octanol–water partition coefficient (Wildman–Crippen LogP) is 5.04. The molecule has 1 amide bonds. The molecule has 23 heavy (non-hydrogen) atoms. The summed E-state index contributed by atoms with van der Waals surface area (Å²) in [6.45, 7) is 4.67. The van der Waals surface area contributed by atoms with Gasteiger partial charge in [-0.2, -0.15) is 0 Å². The highest BCUT2D eigenvalue weighted by Gasteiger charge is 2.13. The van der Waals surface area contributed by atoms with Gasteiger partial charge in [-0.3, -0.25) is 4.79 Å². The zero-order valence-electron chi connectivity index (χ0n) is 13.2. The van der Waals surface area contributed by atoms with Gasteiger partial charge in [-0.1, -0.05) is 29.3 Å². The second kappa shape index (κ2) is 9.26. The van der Waals surface area contributed by atoms with Gasteiger partial charge in [0, 0.05) is 27.1 Å². The van der Waals surface area contributed by atoms with Gasteiger partial charge >= 0.3 is 0 Å². The molecule has 0 aliphatic heterocycles. The van der Waals surface area contributed by atoms with Crippen LogP contribution in [-0.4, -0.2) is 23.5 Å². The fourth-order valence-electron chi connectivity index (χ4n) is 1.89. The van der Waals surface area contributed by atoms with E-state index in [0.717, 1.165) is 10.6 Å². The van der Waals surface area contributed by atoms with Crippen LogP contribution in [0.3, 0.4) is 0 Å². The van der Waals surface area contributed by atoms with Gasteiger partial charge in [0.05, 0.1) is 5.25 Å². The number of halogens is 1. The Morgan fingerprint density at radius 3 is 2.35 bits per heavy atom. The highest BCUT2D eigenvalue weighted by Crippen LogP contribution is 2.24. The van der Waals surface area contributed by atoms with Gasteiger partial charge in [0.1, 0.15) is 0 Å². The molecule has 0 saturated carbocycles. The summed E-state index contributed by atoms with van der Waals surface area (Å²) >= 11 is 9.15. The van der Waals surface area contributed by atoms with Crippen LogP contribution in [0.4, 0.5) is 0 Å². The second-order valence-corrected chi connectivity index (χ2v) is 8.19. The molecule has 1 N–H and O–H groups in total. The Bertz CT molecular complexity index is 628. The van der Waals surface area contributed by atoms with Crippen LogP contribution < -0.4 is 5.32 Å². The van der Waals surface area contributed by atoms with Crippen molar-refractivity contribution < 1.29 is 4.79 Å². The van der Waals surface area contributed by atoms with Crippen LogP contribution in [0, 0.1) is 6.92 Å². The normalized spacial score (nSPS) is 12.0. The third kappa shape index (κ3) is 6.50. The standard InChI is InChI=1S/C18H20ClNOS2/c1-13-3-7-16(8-4-13)22-12-11-20-18(21)14(2)23-17-9-5-15(19)6-10-17/h3-10,14H,11-12H2,1-2H3,(H,20,21)/t14-/m1/s1. The zero-order valence-corrected chi connectivity index (χ0v) is 15.6. The van der Waals surface area contributed by atoms with Crippen LogP contribution in [0.5, 0.6) is 0 Å². The van der Waals surface area contributed by atoms with Crippen molar-refractivity contribution >= 4 is 41.0 Å². The number of carbonyl (C=O) groups is 1. The molecule has 0 aliphatic carbocycles. The van der Waals surface area contributed by atoms with Crippen molar-refractivity contribution in [3.8, 4) is 0 Å². The van der Waals surface area contributed by atoms with E-state index in [-0.39, 0.29) is 11.2 Å². The van der Waals surface area contributed by atoms with E-state index in [9.17, 15) is 4.79 Å². The number of amides is 1. The smallest absolute Gasteiger partial charge is 0.233 e. The fraction of sp³-hybridized carbons (Fsp3) is 0.278. The topological polar surface area (TPSA) is 29.1 Å². The van der Waals surface area contributed by atoms with Crippen LogP contribution in [-0.2, 0) is 4.79 Å². The number of hydrogen-bond donors (Lipinski definition) is 1. The summed E-state index contributed by atoms with van der Waals surface area (Å²) < 4.78 is 0. The van der Waals surface area contributed by atoms with Crippen molar-refractivity contribution in [2.75, 3.05) is 12.3 Å². The summed E-state index contributed by atoms with van der Waals surface area (Å²) in [5.41, 5.74) is 1.26. The van der Waals surface area contributed by atoms with Gasteiger partial charge in [-0.15, -0.1) is 23.5 Å². The summed E-state index contributed by atoms with van der Waals surface area (Å²) in [4.78, 5) is 14.4. The molecule has 2 aromatic carbocycles. The molecule has 0 radical (unpaired) electrons. The number of rotatable bonds is 7. The highest BCUT2D eigenvalue weighted by atomic mass is 35.5. The monoisotopic (exact) mass is 365 g/mol. The van der Waals surface area contributed by atoms with Crippen LogP contribution >= 0.6 is 35.1 Å². The minimum Gasteiger partial charge on any atom is -0.354 e. The van der Waals surface area contributed by atoms with Crippen molar-refractivity contribution in [1.29, 1.82) is 0 Å². The van der Waals surface area contributed by atoms with E-state index in [2.05, 4.69) is 36.5 Å². The number of hydrogen-bond acceptors (Lipinski definition) is 3. The summed E-state index contributed by atoms with van der Waals surface area (Å²) in [6.07, 6.45) is 0. The van der Waals surface area contributed by atoms with Crippen molar-refractivity contribution in [3.05, 3.63) is 59.1 Å². The Balaban J connectivity index is 1.69. The van der Waals surface area contributed by atoms with E-state index in [0.29, 0.717) is 11.6 Å². The molecule has 0 spiro atoms. The number of nitrogens with one attached hydrogen (secondary N) is 1. The summed E-state index contributed by atoms with van der Waals surface area (Å²) in [5.74, 6) is 0.932. The quantitative estimate of drug-likeness (QED) is 0.550. The average molecular weight is 366 g/mol. The molecule has 0 unspecified atom stereocenters. The molecule has 0 fully saturated rings. The first kappa shape index (κ1) is 18.2. The first-order chi connectivity index (χ1) is 11.0. The minimum absolute atomic E-state index is 0.0643. The van der Waals surface area contributed by atoms with E-state index in [1.165, 1.54) is 22.2 Å². The summed E-state index contributed by atoms with van der Waals surface area (Å²) in [5, 5.41) is 3.57. The van der Waals surface area contributed by atoms with Crippen molar-refractivity contribution in [2.45, 2.75) is 28.9 Å². The molecule has 122 valence electrons. The lowest BCUT2D eigenvalue weighted by Crippen LogP contribution is -2.32. The largest absolute Gasteiger partial charge is 0.354 e. The first-order valence-electron chi connectivity index (χ1n) is 7.44. The molecule has 0 heterocycles. The molecule has 0 aromatic heterocycles. The van der Waals surface area contributed by atoms with E-state index in [4.69, 9.17) is 11.6 Å². The maximum absolute atomic E-state index is 12.1. The molecule has 0 aliphatic rings. The third-order valence-electron chi connectivity index (χ3n) is 3.19. The maximum Gasteiger partial charge on any atom is 0.233 e. The van der Waals surface area contributed by atoms with E-state index >= 15 is 0 Å². The van der Waals surface area contributed by atoms with Gasteiger partial charge in [0.2, 0.25) is 5.91 Å². The highest BCUT2D eigenvalue weighted by molar-refractivity contribution is 8.00. The Kier molecular flexibility index (Phi) is 7.34. The third-order valence-corrected chi connectivity index (χ3v) is 5.56. The van der Waals surface area contributed by atoms with E-state index < -0.39 is 0 Å². The van der Waals surface area contributed by atoms with E-state index in [1.54, 1.807) is 11.8 Å². The number of thioether (sulfide) groups is 2. The fourth-order valence-corrected chi connectivity index (χ4v) is 3.68. The lowest BCUT2D eigenvalue weighted by molar-refractivity contribution is -0.120. The minimum atomic E-state index is -0.124. The second-order valence-electron chi connectivity index (χ2n) is 5.17. The lowest BCUT2D eigenvalue weighted by Gasteiger charge is -2.12. The van der Waals surface area contributed by atoms with Gasteiger partial charge < -0.3 is 5.32 Å².